The van der Waals surface area contributed by atoms with Crippen molar-refractivity contribution in [2.75, 3.05) is 40.3 Å². The Morgan fingerprint density at radius 3 is 2.95 bits per heavy atom. The molecule has 1 aromatic rings. The summed E-state index contributed by atoms with van der Waals surface area (Å²) in [6.45, 7) is 4.92. The van der Waals surface area contributed by atoms with Gasteiger partial charge in [0.05, 0.1) is 4.47 Å². The highest BCUT2D eigenvalue weighted by atomic mass is 79.9. The lowest BCUT2D eigenvalue weighted by molar-refractivity contribution is 0.113. The number of piperazine rings is 1. The van der Waals surface area contributed by atoms with E-state index in [-0.39, 0.29) is 5.82 Å². The molecule has 1 aliphatic heterocycles. The Kier molecular flexibility index (Phi) is 5.33. The molecule has 0 radical (unpaired) electrons. The zero-order valence-corrected chi connectivity index (χ0v) is 13.1. The monoisotopic (exact) mass is 329 g/mol. The maximum Gasteiger partial charge on any atom is 0.137 e. The number of nitrogens with one attached hydrogen (secondary N) is 1. The van der Waals surface area contributed by atoms with E-state index < -0.39 is 0 Å². The first-order chi connectivity index (χ1) is 9.08. The molecule has 0 amide bonds. The second kappa shape index (κ2) is 6.79. The highest BCUT2D eigenvalue weighted by Gasteiger charge is 2.21. The molecule has 0 spiro atoms. The van der Waals surface area contributed by atoms with Crippen LogP contribution in [0.25, 0.3) is 0 Å². The lowest BCUT2D eigenvalue weighted by Crippen LogP contribution is -2.53. The van der Waals surface area contributed by atoms with Gasteiger partial charge in [-0.1, -0.05) is 12.1 Å². The molecule has 2 rings (SSSR count). The van der Waals surface area contributed by atoms with E-state index in [1.165, 1.54) is 6.07 Å². The summed E-state index contributed by atoms with van der Waals surface area (Å²) in [5, 5.41) is 3.43. The van der Waals surface area contributed by atoms with Gasteiger partial charge in [0.15, 0.2) is 0 Å². The second-order valence-corrected chi connectivity index (χ2v) is 6.03. The van der Waals surface area contributed by atoms with E-state index in [1.807, 2.05) is 6.07 Å². The minimum atomic E-state index is -0.200. The van der Waals surface area contributed by atoms with Crippen LogP contribution in [0.2, 0.25) is 0 Å². The number of nitrogens with zero attached hydrogens (tertiary/aromatic N) is 2. The summed E-state index contributed by atoms with van der Waals surface area (Å²) in [6, 6.07) is 5.68. The first-order valence-electron chi connectivity index (χ1n) is 6.60. The lowest BCUT2D eigenvalue weighted by atomic mass is 10.1. The van der Waals surface area contributed by atoms with Crippen LogP contribution in [0.4, 0.5) is 4.39 Å². The highest BCUT2D eigenvalue weighted by Crippen LogP contribution is 2.20. The Labute approximate surface area is 122 Å². The van der Waals surface area contributed by atoms with E-state index in [0.29, 0.717) is 17.1 Å². The summed E-state index contributed by atoms with van der Waals surface area (Å²) in [6.07, 6.45) is 0. The summed E-state index contributed by atoms with van der Waals surface area (Å²) in [4.78, 5) is 4.73. The minimum Gasteiger partial charge on any atom is -0.311 e. The van der Waals surface area contributed by atoms with Crippen molar-refractivity contribution in [1.29, 1.82) is 0 Å². The van der Waals surface area contributed by atoms with Crippen LogP contribution in [0.1, 0.15) is 5.56 Å². The molecule has 106 valence electrons. The van der Waals surface area contributed by atoms with E-state index >= 15 is 0 Å². The van der Waals surface area contributed by atoms with Crippen molar-refractivity contribution in [1.82, 2.24) is 15.1 Å². The van der Waals surface area contributed by atoms with Crippen LogP contribution in [-0.4, -0.2) is 56.1 Å². The Morgan fingerprint density at radius 2 is 2.16 bits per heavy atom. The van der Waals surface area contributed by atoms with Crippen molar-refractivity contribution in [3.8, 4) is 0 Å². The average molecular weight is 330 g/mol. The van der Waals surface area contributed by atoms with Gasteiger partial charge in [0.1, 0.15) is 5.82 Å². The molecule has 0 bridgehead atoms. The van der Waals surface area contributed by atoms with Crippen molar-refractivity contribution >= 4 is 15.9 Å². The number of hydrogen-bond donors (Lipinski definition) is 1. The molecule has 3 nitrogen and oxygen atoms in total. The maximum absolute atomic E-state index is 13.4. The van der Waals surface area contributed by atoms with Gasteiger partial charge in [-0.2, -0.15) is 0 Å². The van der Waals surface area contributed by atoms with Crippen LogP contribution in [0, 0.1) is 5.82 Å². The van der Waals surface area contributed by atoms with E-state index in [9.17, 15) is 4.39 Å². The van der Waals surface area contributed by atoms with Crippen molar-refractivity contribution < 1.29 is 4.39 Å². The molecule has 1 atom stereocenters. The molecule has 1 unspecified atom stereocenters. The minimum absolute atomic E-state index is 0.200. The molecular formula is C14H21BrFN3. The largest absolute Gasteiger partial charge is 0.311 e. The second-order valence-electron chi connectivity index (χ2n) is 5.24. The zero-order valence-electron chi connectivity index (χ0n) is 11.5. The third-order valence-electron chi connectivity index (χ3n) is 3.71. The topological polar surface area (TPSA) is 18.5 Å². The lowest BCUT2D eigenvalue weighted by Gasteiger charge is -2.37. The van der Waals surface area contributed by atoms with Gasteiger partial charge in [0.2, 0.25) is 0 Å². The van der Waals surface area contributed by atoms with E-state index in [2.05, 4.69) is 45.1 Å². The van der Waals surface area contributed by atoms with E-state index in [4.69, 9.17) is 0 Å². The molecule has 0 aromatic heterocycles. The summed E-state index contributed by atoms with van der Waals surface area (Å²) in [5.41, 5.74) is 0.965. The van der Waals surface area contributed by atoms with Gasteiger partial charge in [0, 0.05) is 38.8 Å². The molecule has 1 N–H and O–H groups in total. The van der Waals surface area contributed by atoms with Crippen molar-refractivity contribution in [3.63, 3.8) is 0 Å². The summed E-state index contributed by atoms with van der Waals surface area (Å²) in [7, 11) is 4.32. The maximum atomic E-state index is 13.4. The van der Waals surface area contributed by atoms with Crippen LogP contribution < -0.4 is 5.32 Å². The van der Waals surface area contributed by atoms with Crippen LogP contribution in [0.5, 0.6) is 0 Å². The van der Waals surface area contributed by atoms with E-state index in [0.717, 1.165) is 31.7 Å². The summed E-state index contributed by atoms with van der Waals surface area (Å²) in [5.74, 6) is -0.200. The van der Waals surface area contributed by atoms with E-state index in [1.54, 1.807) is 6.07 Å². The van der Waals surface area contributed by atoms with Gasteiger partial charge < -0.3 is 10.2 Å². The van der Waals surface area contributed by atoms with Gasteiger partial charge >= 0.3 is 0 Å². The van der Waals surface area contributed by atoms with Gasteiger partial charge in [-0.15, -0.1) is 0 Å². The normalized spacial score (nSPS) is 21.8. The van der Waals surface area contributed by atoms with Gasteiger partial charge in [-0.05, 0) is 41.7 Å². The molecule has 1 fully saturated rings. The molecule has 19 heavy (non-hydrogen) atoms. The molecule has 5 heteroatoms. The van der Waals surface area contributed by atoms with Crippen LogP contribution in [-0.2, 0) is 6.54 Å². The standard InChI is InChI=1S/C14H21BrFN3/c1-18-6-7-19(2)12(10-18)9-17-8-11-4-3-5-13(16)14(11)15/h3-5,12,17H,6-10H2,1-2H3. The van der Waals surface area contributed by atoms with Crippen LogP contribution in [0.3, 0.4) is 0 Å². The predicted octanol–water partition coefficient (Wildman–Crippen LogP) is 1.92. The third-order valence-corrected chi connectivity index (χ3v) is 4.60. The summed E-state index contributed by atoms with van der Waals surface area (Å²) >= 11 is 3.29. The number of likely N-dealkylation sites (N-methyl/N-ethyl adjacent to an activating group) is 2. The van der Waals surface area contributed by atoms with Crippen molar-refractivity contribution in [2.45, 2.75) is 12.6 Å². The average Bonchev–Trinajstić information content (AvgIpc) is 2.38. The molecule has 0 aliphatic carbocycles. The number of hydrogen-bond acceptors (Lipinski definition) is 3. The smallest absolute Gasteiger partial charge is 0.137 e. The van der Waals surface area contributed by atoms with Gasteiger partial charge in [0.25, 0.3) is 0 Å². The fraction of sp³-hybridized carbons (Fsp3) is 0.571. The molecule has 1 aliphatic rings. The molecular weight excluding hydrogens is 309 g/mol. The number of halogens is 2. The quantitative estimate of drug-likeness (QED) is 0.910. The number of benzene rings is 1. The molecule has 1 aromatic carbocycles. The Morgan fingerprint density at radius 1 is 1.37 bits per heavy atom. The van der Waals surface area contributed by atoms with Gasteiger partial charge in [-0.25, -0.2) is 4.39 Å². The third kappa shape index (κ3) is 3.99. The molecule has 1 saturated heterocycles. The molecule has 0 saturated carbocycles. The Hall–Kier alpha value is -0.490. The zero-order chi connectivity index (χ0) is 13.8. The van der Waals surface area contributed by atoms with Crippen molar-refractivity contribution in [3.05, 3.63) is 34.1 Å². The van der Waals surface area contributed by atoms with Gasteiger partial charge in [-0.3, -0.25) is 4.90 Å². The Balaban J connectivity index is 1.84. The fourth-order valence-electron chi connectivity index (χ4n) is 2.38. The summed E-state index contributed by atoms with van der Waals surface area (Å²) < 4.78 is 14.0. The Bertz CT molecular complexity index is 427. The SMILES string of the molecule is CN1CCN(C)C(CNCc2cccc(F)c2Br)C1. The number of rotatable bonds is 4. The molecule has 1 heterocycles. The predicted molar refractivity (Wildman–Crippen MR) is 79.7 cm³/mol. The fourth-order valence-corrected chi connectivity index (χ4v) is 2.78. The first-order valence-corrected chi connectivity index (χ1v) is 7.39. The van der Waals surface area contributed by atoms with Crippen LogP contribution >= 0.6 is 15.9 Å². The highest BCUT2D eigenvalue weighted by molar-refractivity contribution is 9.10. The first kappa shape index (κ1) is 14.9. The van der Waals surface area contributed by atoms with Crippen LogP contribution in [0.15, 0.2) is 22.7 Å². The van der Waals surface area contributed by atoms with Crippen molar-refractivity contribution in [2.24, 2.45) is 0 Å².